The number of thiophene rings is 1. The molecule has 0 aliphatic rings. The lowest BCUT2D eigenvalue weighted by Crippen LogP contribution is -2.01. The highest BCUT2D eigenvalue weighted by Crippen LogP contribution is 2.44. The van der Waals surface area contributed by atoms with Gasteiger partial charge in [-0.15, -0.1) is 11.3 Å². The number of hydrogen-bond acceptors (Lipinski definition) is 7. The Hall–Kier alpha value is -8.26. The molecule has 6 nitrogen and oxygen atoms in total. The zero-order valence-corrected chi connectivity index (χ0v) is 34.3. The van der Waals surface area contributed by atoms with Crippen LogP contribution in [0.5, 0.6) is 0 Å². The molecular weight excluding hydrogens is 793 g/mol. The number of furan rings is 2. The molecule has 0 amide bonds. The van der Waals surface area contributed by atoms with Gasteiger partial charge in [-0.05, 0) is 76.9 Å². The van der Waals surface area contributed by atoms with Gasteiger partial charge >= 0.3 is 0 Å². The number of fused-ring (bicyclic) bond motifs is 9. The Morgan fingerprint density at radius 2 is 0.984 bits per heavy atom. The molecule has 63 heavy (non-hydrogen) atoms. The van der Waals surface area contributed by atoms with Crippen molar-refractivity contribution in [2.24, 2.45) is 0 Å². The summed E-state index contributed by atoms with van der Waals surface area (Å²) < 4.78 is 15.6. The first-order valence-electron chi connectivity index (χ1n) is 20.8. The van der Waals surface area contributed by atoms with E-state index in [2.05, 4.69) is 138 Å². The SMILES string of the molecule is c1cncc(-c2ccccc2-c2nc(-c3ccc(-c4ccc(-c5ccc6sc7ccccc7c6c5)c5c4oc4ccccc45)cc3)nc(-c3ccc4c(c3)oc3ccccc34)n2)c1. The number of hydrogen-bond donors (Lipinski definition) is 0. The van der Waals surface area contributed by atoms with Crippen LogP contribution in [0.15, 0.2) is 203 Å². The molecule has 0 unspecified atom stereocenters. The molecular formula is C56H32N4O2S. The van der Waals surface area contributed by atoms with Crippen molar-refractivity contribution in [3.63, 3.8) is 0 Å². The molecule has 13 aromatic rings. The fourth-order valence-corrected chi connectivity index (χ4v) is 10.1. The van der Waals surface area contributed by atoms with Crippen LogP contribution >= 0.6 is 11.3 Å². The van der Waals surface area contributed by atoms with Crippen molar-refractivity contribution < 1.29 is 8.83 Å². The molecule has 0 N–H and O–H groups in total. The number of para-hydroxylation sites is 2. The third-order valence-corrected chi connectivity index (χ3v) is 13.2. The second-order valence-electron chi connectivity index (χ2n) is 15.8. The summed E-state index contributed by atoms with van der Waals surface area (Å²) >= 11 is 1.84. The van der Waals surface area contributed by atoms with Gasteiger partial charge in [0.2, 0.25) is 0 Å². The second-order valence-corrected chi connectivity index (χ2v) is 16.8. The van der Waals surface area contributed by atoms with Crippen molar-refractivity contribution in [1.29, 1.82) is 0 Å². The first kappa shape index (κ1) is 35.5. The summed E-state index contributed by atoms with van der Waals surface area (Å²) in [6, 6.07) is 63.1. The normalized spacial score (nSPS) is 11.8. The number of nitrogens with zero attached hydrogens (tertiary/aromatic N) is 4. The molecule has 5 heterocycles. The Labute approximate surface area is 364 Å². The Kier molecular flexibility index (Phi) is 7.98. The van der Waals surface area contributed by atoms with Crippen molar-refractivity contribution in [3.8, 4) is 67.5 Å². The number of aromatic nitrogens is 4. The van der Waals surface area contributed by atoms with Gasteiger partial charge in [0.1, 0.15) is 22.3 Å². The van der Waals surface area contributed by atoms with E-state index in [9.17, 15) is 0 Å². The zero-order valence-electron chi connectivity index (χ0n) is 33.5. The average molecular weight is 825 g/mol. The molecule has 13 rings (SSSR count). The Morgan fingerprint density at radius 1 is 0.349 bits per heavy atom. The molecule has 0 atom stereocenters. The summed E-state index contributed by atoms with van der Waals surface area (Å²) in [7, 11) is 0. The Bertz CT molecular complexity index is 3920. The third kappa shape index (κ3) is 5.86. The molecule has 0 saturated heterocycles. The van der Waals surface area contributed by atoms with E-state index in [1.807, 2.05) is 66.1 Å². The van der Waals surface area contributed by atoms with E-state index in [0.29, 0.717) is 17.5 Å². The average Bonchev–Trinajstić information content (AvgIpc) is 4.05. The van der Waals surface area contributed by atoms with Crippen LogP contribution in [0.2, 0.25) is 0 Å². The lowest BCUT2D eigenvalue weighted by Gasteiger charge is -2.12. The third-order valence-electron chi connectivity index (χ3n) is 12.1. The molecule has 0 spiro atoms. The minimum absolute atomic E-state index is 0.552. The van der Waals surface area contributed by atoms with E-state index in [-0.39, 0.29) is 0 Å². The van der Waals surface area contributed by atoms with E-state index in [0.717, 1.165) is 93.9 Å². The van der Waals surface area contributed by atoms with Crippen molar-refractivity contribution in [1.82, 2.24) is 19.9 Å². The maximum Gasteiger partial charge on any atom is 0.164 e. The molecule has 0 aliphatic carbocycles. The van der Waals surface area contributed by atoms with Gasteiger partial charge in [0.15, 0.2) is 17.5 Å². The zero-order chi connectivity index (χ0) is 41.4. The van der Waals surface area contributed by atoms with Gasteiger partial charge in [0, 0.05) is 81.9 Å². The van der Waals surface area contributed by atoms with Crippen LogP contribution in [0.4, 0.5) is 0 Å². The van der Waals surface area contributed by atoms with Crippen LogP contribution in [0.3, 0.4) is 0 Å². The molecule has 0 radical (unpaired) electrons. The smallest absolute Gasteiger partial charge is 0.164 e. The predicted molar refractivity (Wildman–Crippen MR) is 258 cm³/mol. The minimum atomic E-state index is 0.552. The van der Waals surface area contributed by atoms with Crippen LogP contribution in [-0.4, -0.2) is 19.9 Å². The van der Waals surface area contributed by atoms with Gasteiger partial charge in [-0.25, -0.2) is 15.0 Å². The quantitative estimate of drug-likeness (QED) is 0.166. The van der Waals surface area contributed by atoms with E-state index in [4.69, 9.17) is 23.8 Å². The highest BCUT2D eigenvalue weighted by Gasteiger charge is 2.20. The van der Waals surface area contributed by atoms with E-state index in [1.165, 1.54) is 20.2 Å². The summed E-state index contributed by atoms with van der Waals surface area (Å²) in [4.78, 5) is 19.8. The summed E-state index contributed by atoms with van der Waals surface area (Å²) in [5.41, 5.74) is 12.2. The molecule has 0 aliphatic heterocycles. The second kappa shape index (κ2) is 14.2. The van der Waals surface area contributed by atoms with Crippen LogP contribution in [0.1, 0.15) is 0 Å². The number of benzene rings is 8. The summed E-state index contributed by atoms with van der Waals surface area (Å²) in [6.07, 6.45) is 3.65. The van der Waals surface area contributed by atoms with Gasteiger partial charge < -0.3 is 8.83 Å². The Morgan fingerprint density at radius 3 is 1.83 bits per heavy atom. The lowest BCUT2D eigenvalue weighted by atomic mass is 9.93. The minimum Gasteiger partial charge on any atom is -0.456 e. The molecule has 294 valence electrons. The van der Waals surface area contributed by atoms with E-state index < -0.39 is 0 Å². The van der Waals surface area contributed by atoms with Crippen LogP contribution in [0, 0.1) is 0 Å². The van der Waals surface area contributed by atoms with E-state index in [1.54, 1.807) is 6.20 Å². The predicted octanol–water partition coefficient (Wildman–Crippen LogP) is 15.4. The lowest BCUT2D eigenvalue weighted by molar-refractivity contribution is 0.669. The first-order valence-corrected chi connectivity index (χ1v) is 21.7. The summed E-state index contributed by atoms with van der Waals surface area (Å²) in [5.74, 6) is 1.68. The monoisotopic (exact) mass is 824 g/mol. The van der Waals surface area contributed by atoms with E-state index >= 15 is 0 Å². The van der Waals surface area contributed by atoms with Crippen molar-refractivity contribution >= 4 is 75.4 Å². The number of rotatable bonds is 6. The van der Waals surface area contributed by atoms with Crippen molar-refractivity contribution in [2.45, 2.75) is 0 Å². The maximum atomic E-state index is 6.74. The molecule has 7 heteroatoms. The van der Waals surface area contributed by atoms with Gasteiger partial charge in [-0.3, -0.25) is 4.98 Å². The van der Waals surface area contributed by atoms with Crippen LogP contribution in [0.25, 0.3) is 132 Å². The fraction of sp³-hybridized carbons (Fsp3) is 0. The molecule has 8 aromatic carbocycles. The standard InChI is InChI=1S/C56H32N4O2S/c1-2-14-44(38(11-1)37-10-9-29-57-32-37)56-59-54(58-55(60-56)36-23-25-42-41-12-3-6-16-47(41)61-49(42)31-36)34-21-19-33(20-22-34)40-27-26-39(52-45-15-4-7-17-48(45)62-53(40)52)35-24-28-51-46(30-35)43-13-5-8-18-50(43)63-51/h1-32H. The summed E-state index contributed by atoms with van der Waals surface area (Å²) in [6.45, 7) is 0. The van der Waals surface area contributed by atoms with Gasteiger partial charge in [0.05, 0.1) is 0 Å². The topological polar surface area (TPSA) is 77.8 Å². The molecule has 0 bridgehead atoms. The van der Waals surface area contributed by atoms with Gasteiger partial charge in [-0.2, -0.15) is 0 Å². The highest BCUT2D eigenvalue weighted by atomic mass is 32.1. The fourth-order valence-electron chi connectivity index (χ4n) is 9.06. The van der Waals surface area contributed by atoms with Crippen LogP contribution in [-0.2, 0) is 0 Å². The summed E-state index contributed by atoms with van der Waals surface area (Å²) in [5, 5.41) is 6.87. The molecule has 0 fully saturated rings. The van der Waals surface area contributed by atoms with Crippen molar-refractivity contribution in [2.75, 3.05) is 0 Å². The van der Waals surface area contributed by atoms with Gasteiger partial charge in [0.25, 0.3) is 0 Å². The molecule has 0 saturated carbocycles. The molecule has 5 aromatic heterocycles. The van der Waals surface area contributed by atoms with Gasteiger partial charge in [-0.1, -0.05) is 127 Å². The van der Waals surface area contributed by atoms with Crippen molar-refractivity contribution in [3.05, 3.63) is 194 Å². The first-order chi connectivity index (χ1) is 31.2. The van der Waals surface area contributed by atoms with Crippen LogP contribution < -0.4 is 0 Å². The number of pyridine rings is 1. The largest absolute Gasteiger partial charge is 0.456 e. The maximum absolute atomic E-state index is 6.74. The Balaban J connectivity index is 0.945. The highest BCUT2D eigenvalue weighted by molar-refractivity contribution is 7.25.